The maximum atomic E-state index is 12.7. The minimum Gasteiger partial charge on any atom is -0.436 e. The number of rotatable bonds is 2. The van der Waals surface area contributed by atoms with Crippen molar-refractivity contribution in [3.63, 3.8) is 0 Å². The lowest BCUT2D eigenvalue weighted by molar-refractivity contribution is 0.127. The second-order valence-corrected chi connectivity index (χ2v) is 6.06. The number of carbonyl (C=O) groups excluding carboxylic acids is 1. The van der Waals surface area contributed by atoms with E-state index >= 15 is 0 Å². The van der Waals surface area contributed by atoms with Gasteiger partial charge in [-0.1, -0.05) is 60.7 Å². The van der Waals surface area contributed by atoms with Gasteiger partial charge in [-0.3, -0.25) is 4.90 Å². The van der Waals surface area contributed by atoms with Gasteiger partial charge in [-0.05, 0) is 23.3 Å². The number of benzene rings is 3. The van der Waals surface area contributed by atoms with Crippen LogP contribution in [0.1, 0.15) is 17.2 Å². The summed E-state index contributed by atoms with van der Waals surface area (Å²) in [6.45, 7) is 0. The topological polar surface area (TPSA) is 55.6 Å². The molecule has 2 N–H and O–H groups in total. The first-order valence-corrected chi connectivity index (χ1v) is 8.14. The number of ether oxygens (including phenoxy) is 1. The van der Waals surface area contributed by atoms with Crippen molar-refractivity contribution in [3.05, 3.63) is 83.9 Å². The van der Waals surface area contributed by atoms with Gasteiger partial charge in [0.15, 0.2) is 6.10 Å². The molecule has 3 aromatic carbocycles. The van der Waals surface area contributed by atoms with Crippen LogP contribution in [-0.4, -0.2) is 13.1 Å². The first-order valence-electron chi connectivity index (χ1n) is 8.14. The first kappa shape index (κ1) is 15.3. The molecule has 3 aromatic rings. The molecule has 0 unspecified atom stereocenters. The van der Waals surface area contributed by atoms with E-state index < -0.39 is 12.2 Å². The van der Waals surface area contributed by atoms with E-state index in [4.69, 9.17) is 10.5 Å². The molecule has 0 saturated heterocycles. The van der Waals surface area contributed by atoms with Crippen LogP contribution >= 0.6 is 0 Å². The van der Waals surface area contributed by atoms with Crippen LogP contribution in [-0.2, 0) is 4.74 Å². The van der Waals surface area contributed by atoms with Crippen molar-refractivity contribution < 1.29 is 9.53 Å². The number of hydrogen-bond donors (Lipinski definition) is 1. The molecule has 0 bridgehead atoms. The molecule has 25 heavy (non-hydrogen) atoms. The molecule has 0 radical (unpaired) electrons. The van der Waals surface area contributed by atoms with Gasteiger partial charge in [0, 0.05) is 18.2 Å². The van der Waals surface area contributed by atoms with Gasteiger partial charge < -0.3 is 10.5 Å². The Kier molecular flexibility index (Phi) is 3.65. The standard InChI is InChI=1S/C21H18N2O2/c1-23(19-13-7-6-12-18(19)22)21(24)25-20-16-10-4-2-8-14(16)15-9-3-5-11-17(15)20/h2-13,20H,22H2,1H3. The lowest BCUT2D eigenvalue weighted by Gasteiger charge is -2.22. The van der Waals surface area contributed by atoms with Crippen molar-refractivity contribution >= 4 is 17.5 Å². The van der Waals surface area contributed by atoms with Gasteiger partial charge in [-0.2, -0.15) is 0 Å². The Balaban J connectivity index is 1.67. The molecule has 0 aromatic heterocycles. The zero-order valence-electron chi connectivity index (χ0n) is 13.8. The summed E-state index contributed by atoms with van der Waals surface area (Å²) in [5, 5.41) is 0. The molecule has 0 atom stereocenters. The molecule has 1 aliphatic rings. The molecular weight excluding hydrogens is 312 g/mol. The highest BCUT2D eigenvalue weighted by Crippen LogP contribution is 2.45. The molecule has 4 heteroatoms. The molecule has 0 heterocycles. The van der Waals surface area contributed by atoms with E-state index in [-0.39, 0.29) is 0 Å². The predicted molar refractivity (Wildman–Crippen MR) is 99.5 cm³/mol. The molecule has 0 saturated carbocycles. The van der Waals surface area contributed by atoms with E-state index in [1.807, 2.05) is 48.5 Å². The van der Waals surface area contributed by atoms with Crippen LogP contribution in [0.3, 0.4) is 0 Å². The van der Waals surface area contributed by atoms with Gasteiger partial charge in [-0.15, -0.1) is 0 Å². The highest BCUT2D eigenvalue weighted by atomic mass is 16.6. The maximum absolute atomic E-state index is 12.7. The van der Waals surface area contributed by atoms with Crippen LogP contribution < -0.4 is 10.6 Å². The quantitative estimate of drug-likeness (QED) is 0.698. The summed E-state index contributed by atoms with van der Waals surface area (Å²) in [5.74, 6) is 0. The van der Waals surface area contributed by atoms with E-state index in [0.717, 1.165) is 22.3 Å². The molecule has 4 nitrogen and oxygen atoms in total. The van der Waals surface area contributed by atoms with Crippen molar-refractivity contribution in [3.8, 4) is 11.1 Å². The van der Waals surface area contributed by atoms with E-state index in [9.17, 15) is 4.79 Å². The smallest absolute Gasteiger partial charge is 0.415 e. The Morgan fingerprint density at radius 2 is 1.40 bits per heavy atom. The number of nitrogens with zero attached hydrogens (tertiary/aromatic N) is 1. The van der Waals surface area contributed by atoms with E-state index in [2.05, 4.69) is 12.1 Å². The molecule has 4 rings (SSSR count). The summed E-state index contributed by atoms with van der Waals surface area (Å²) in [6, 6.07) is 23.3. The molecule has 1 aliphatic carbocycles. The zero-order chi connectivity index (χ0) is 17.4. The Morgan fingerprint density at radius 3 is 2.00 bits per heavy atom. The lowest BCUT2D eigenvalue weighted by atomic mass is 10.1. The predicted octanol–water partition coefficient (Wildman–Crippen LogP) is 4.61. The van der Waals surface area contributed by atoms with Crippen molar-refractivity contribution in [2.24, 2.45) is 0 Å². The number of carbonyl (C=O) groups is 1. The Morgan fingerprint density at radius 1 is 0.880 bits per heavy atom. The van der Waals surface area contributed by atoms with E-state index in [1.165, 1.54) is 4.90 Å². The zero-order valence-corrected chi connectivity index (χ0v) is 13.8. The molecule has 0 aliphatic heterocycles. The second kappa shape index (κ2) is 5.98. The Bertz CT molecular complexity index is 906. The van der Waals surface area contributed by atoms with Gasteiger partial charge in [0.05, 0.1) is 11.4 Å². The van der Waals surface area contributed by atoms with Gasteiger partial charge >= 0.3 is 6.09 Å². The summed E-state index contributed by atoms with van der Waals surface area (Å²) in [5.41, 5.74) is 11.4. The van der Waals surface area contributed by atoms with Crippen LogP contribution in [0.15, 0.2) is 72.8 Å². The Hall–Kier alpha value is -3.27. The molecule has 0 fully saturated rings. The Labute approximate surface area is 146 Å². The van der Waals surface area contributed by atoms with Crippen LogP contribution in [0, 0.1) is 0 Å². The second-order valence-electron chi connectivity index (χ2n) is 6.06. The first-order chi connectivity index (χ1) is 12.2. The van der Waals surface area contributed by atoms with Gasteiger partial charge in [0.25, 0.3) is 0 Å². The van der Waals surface area contributed by atoms with Gasteiger partial charge in [0.2, 0.25) is 0 Å². The van der Waals surface area contributed by atoms with Crippen molar-refractivity contribution in [2.75, 3.05) is 17.7 Å². The minimum atomic E-state index is -0.436. The van der Waals surface area contributed by atoms with Crippen molar-refractivity contribution in [2.45, 2.75) is 6.10 Å². The summed E-state index contributed by atoms with van der Waals surface area (Å²) < 4.78 is 5.87. The van der Waals surface area contributed by atoms with Crippen LogP contribution in [0.25, 0.3) is 11.1 Å². The number of amides is 1. The van der Waals surface area contributed by atoms with Gasteiger partial charge in [-0.25, -0.2) is 4.79 Å². The lowest BCUT2D eigenvalue weighted by Crippen LogP contribution is -2.29. The number of anilines is 2. The minimum absolute atomic E-state index is 0.410. The van der Waals surface area contributed by atoms with Crippen LogP contribution in [0.5, 0.6) is 0 Å². The number of fused-ring (bicyclic) bond motifs is 3. The monoisotopic (exact) mass is 330 g/mol. The number of nitrogens with two attached hydrogens (primary N) is 1. The number of nitrogen functional groups attached to an aromatic ring is 1. The average molecular weight is 330 g/mol. The van der Waals surface area contributed by atoms with E-state index in [0.29, 0.717) is 11.4 Å². The van der Waals surface area contributed by atoms with Gasteiger partial charge in [0.1, 0.15) is 0 Å². The molecule has 124 valence electrons. The largest absolute Gasteiger partial charge is 0.436 e. The third kappa shape index (κ3) is 2.52. The highest BCUT2D eigenvalue weighted by molar-refractivity contribution is 5.92. The average Bonchev–Trinajstić information content (AvgIpc) is 2.96. The fourth-order valence-corrected chi connectivity index (χ4v) is 3.31. The fraction of sp³-hybridized carbons (Fsp3) is 0.0952. The summed E-state index contributed by atoms with van der Waals surface area (Å²) >= 11 is 0. The third-order valence-corrected chi connectivity index (χ3v) is 4.57. The summed E-state index contributed by atoms with van der Waals surface area (Å²) in [7, 11) is 1.67. The normalized spacial score (nSPS) is 12.4. The summed E-state index contributed by atoms with van der Waals surface area (Å²) in [6.07, 6.45) is -0.846. The number of para-hydroxylation sites is 2. The van der Waals surface area contributed by atoms with Crippen molar-refractivity contribution in [1.29, 1.82) is 0 Å². The van der Waals surface area contributed by atoms with E-state index in [1.54, 1.807) is 19.2 Å². The van der Waals surface area contributed by atoms with Crippen LogP contribution in [0.2, 0.25) is 0 Å². The number of hydrogen-bond acceptors (Lipinski definition) is 3. The summed E-state index contributed by atoms with van der Waals surface area (Å²) in [4.78, 5) is 14.2. The van der Waals surface area contributed by atoms with Crippen molar-refractivity contribution in [1.82, 2.24) is 0 Å². The fourth-order valence-electron chi connectivity index (χ4n) is 3.31. The molecule has 0 spiro atoms. The highest BCUT2D eigenvalue weighted by Gasteiger charge is 2.32. The van der Waals surface area contributed by atoms with Crippen LogP contribution in [0.4, 0.5) is 16.2 Å². The molecule has 1 amide bonds. The third-order valence-electron chi connectivity index (χ3n) is 4.57. The maximum Gasteiger partial charge on any atom is 0.415 e. The molecular formula is C21H18N2O2. The SMILES string of the molecule is CN(C(=O)OC1c2ccccc2-c2ccccc21)c1ccccc1N.